The van der Waals surface area contributed by atoms with E-state index in [1.165, 1.54) is 103 Å². The normalized spacial score (nSPS) is 25.9. The van der Waals surface area contributed by atoms with E-state index in [-0.39, 0.29) is 18.9 Å². The summed E-state index contributed by atoms with van der Waals surface area (Å²) in [6.07, 6.45) is 43.4. The summed E-state index contributed by atoms with van der Waals surface area (Å²) >= 11 is 0. The van der Waals surface area contributed by atoms with Crippen LogP contribution in [0.4, 0.5) is 0 Å². The standard InChI is InChI=1S/C60H103NO13/c1-3-5-7-9-11-13-15-17-19-21-23-24-26-27-29-31-33-35-37-39-41-43-49(64)48(61-52(65)44-42-40-38-36-34-32-30-28-25-22-20-18-16-14-12-10-8-6-4-2)47-71-59-57(70)55(68)58(51(46-63)73-59)74-60-56(69)54(67)53(66)50(45-62)72-60/h6,8,12,14,18,20,25,28,32,34,38,40-41,43,48-51,53-60,62-64,66-70H,3-5,7,9-11,13,15-17,19,21-24,26-27,29-31,33,35-37,39,42,44-47H2,1-2H3,(H,61,65)/b8-6-,14-12-,20-18-,28-25-,34-32-,40-38-,43-41+. The average molecular weight is 1050 g/mol. The maximum Gasteiger partial charge on any atom is 0.220 e. The van der Waals surface area contributed by atoms with E-state index in [0.717, 1.165) is 64.2 Å². The van der Waals surface area contributed by atoms with Crippen molar-refractivity contribution in [2.24, 2.45) is 0 Å². The van der Waals surface area contributed by atoms with Crippen molar-refractivity contribution in [3.05, 3.63) is 85.1 Å². The van der Waals surface area contributed by atoms with Crippen molar-refractivity contribution in [3.63, 3.8) is 0 Å². The molecule has 2 aliphatic rings. The predicted octanol–water partition coefficient (Wildman–Crippen LogP) is 9.33. The molecular formula is C60H103NO13. The minimum Gasteiger partial charge on any atom is -0.394 e. The molecule has 0 aromatic heterocycles. The van der Waals surface area contributed by atoms with Crippen LogP contribution in [0.25, 0.3) is 0 Å². The van der Waals surface area contributed by atoms with Crippen LogP contribution in [0.2, 0.25) is 0 Å². The minimum atomic E-state index is -1.80. The van der Waals surface area contributed by atoms with Gasteiger partial charge in [0, 0.05) is 6.42 Å². The molecule has 0 aromatic carbocycles. The molecule has 2 heterocycles. The van der Waals surface area contributed by atoms with Crippen LogP contribution >= 0.6 is 0 Å². The lowest BCUT2D eigenvalue weighted by Gasteiger charge is -2.46. The summed E-state index contributed by atoms with van der Waals surface area (Å²) in [7, 11) is 0. The van der Waals surface area contributed by atoms with Gasteiger partial charge in [0.15, 0.2) is 12.6 Å². The molecule has 0 bridgehead atoms. The van der Waals surface area contributed by atoms with Gasteiger partial charge in [0.25, 0.3) is 0 Å². The van der Waals surface area contributed by atoms with E-state index in [9.17, 15) is 45.6 Å². The Bertz CT molecular complexity index is 1560. The van der Waals surface area contributed by atoms with Gasteiger partial charge in [-0.25, -0.2) is 0 Å². The summed E-state index contributed by atoms with van der Waals surface area (Å²) in [5, 5.41) is 87.0. The van der Waals surface area contributed by atoms with Crippen LogP contribution in [0.15, 0.2) is 85.1 Å². The molecule has 14 nitrogen and oxygen atoms in total. The minimum absolute atomic E-state index is 0.152. The highest BCUT2D eigenvalue weighted by molar-refractivity contribution is 5.76. The van der Waals surface area contributed by atoms with Crippen molar-refractivity contribution in [2.75, 3.05) is 19.8 Å². The van der Waals surface area contributed by atoms with Crippen molar-refractivity contribution in [2.45, 2.75) is 267 Å². The lowest BCUT2D eigenvalue weighted by atomic mass is 9.97. The molecule has 14 heteroatoms. The van der Waals surface area contributed by atoms with E-state index < -0.39 is 86.8 Å². The summed E-state index contributed by atoms with van der Waals surface area (Å²) < 4.78 is 22.7. The molecule has 0 saturated carbocycles. The number of unbranched alkanes of at least 4 members (excludes halogenated alkanes) is 19. The number of aliphatic hydroxyl groups excluding tert-OH is 8. The first-order chi connectivity index (χ1) is 36.1. The number of aliphatic hydroxyl groups is 8. The van der Waals surface area contributed by atoms with Gasteiger partial charge >= 0.3 is 0 Å². The summed E-state index contributed by atoms with van der Waals surface area (Å²) in [6.45, 7) is 2.63. The van der Waals surface area contributed by atoms with Crippen LogP contribution in [0.5, 0.6) is 0 Å². The lowest BCUT2D eigenvalue weighted by molar-refractivity contribution is -0.359. The zero-order valence-electron chi connectivity index (χ0n) is 45.6. The molecule has 9 N–H and O–H groups in total. The molecule has 12 unspecified atom stereocenters. The van der Waals surface area contributed by atoms with Gasteiger partial charge in [-0.15, -0.1) is 0 Å². The predicted molar refractivity (Wildman–Crippen MR) is 295 cm³/mol. The summed E-state index contributed by atoms with van der Waals surface area (Å²) in [6, 6.07) is -0.960. The second kappa shape index (κ2) is 45.2. The molecule has 0 aliphatic carbocycles. The van der Waals surface area contributed by atoms with Crippen molar-refractivity contribution in [3.8, 4) is 0 Å². The number of allylic oxidation sites excluding steroid dienone is 13. The van der Waals surface area contributed by atoms with Gasteiger partial charge in [-0.1, -0.05) is 214 Å². The van der Waals surface area contributed by atoms with Crippen LogP contribution in [0.1, 0.15) is 194 Å². The van der Waals surface area contributed by atoms with Crippen molar-refractivity contribution in [1.29, 1.82) is 0 Å². The quantitative estimate of drug-likeness (QED) is 0.0205. The number of hydrogen-bond acceptors (Lipinski definition) is 13. The molecule has 2 saturated heterocycles. The third-order valence-corrected chi connectivity index (χ3v) is 13.6. The number of carbonyl (C=O) groups excluding carboxylic acids is 1. The third-order valence-electron chi connectivity index (χ3n) is 13.6. The largest absolute Gasteiger partial charge is 0.394 e. The highest BCUT2D eigenvalue weighted by Crippen LogP contribution is 2.30. The van der Waals surface area contributed by atoms with Crippen LogP contribution < -0.4 is 5.32 Å². The Morgan fingerprint density at radius 3 is 1.41 bits per heavy atom. The van der Waals surface area contributed by atoms with Crippen molar-refractivity contribution in [1.82, 2.24) is 5.32 Å². The Morgan fingerprint density at radius 2 is 0.932 bits per heavy atom. The number of carbonyl (C=O) groups is 1. The van der Waals surface area contributed by atoms with E-state index in [2.05, 4.69) is 79.9 Å². The van der Waals surface area contributed by atoms with Gasteiger partial charge in [-0.2, -0.15) is 0 Å². The smallest absolute Gasteiger partial charge is 0.220 e. The Morgan fingerprint density at radius 1 is 0.500 bits per heavy atom. The fourth-order valence-electron chi connectivity index (χ4n) is 8.96. The van der Waals surface area contributed by atoms with Crippen LogP contribution in [-0.2, 0) is 23.7 Å². The first-order valence-electron chi connectivity index (χ1n) is 28.8. The van der Waals surface area contributed by atoms with E-state index in [1.807, 2.05) is 18.2 Å². The maximum absolute atomic E-state index is 13.2. The van der Waals surface area contributed by atoms with E-state index in [4.69, 9.17) is 18.9 Å². The molecule has 0 radical (unpaired) electrons. The molecule has 0 spiro atoms. The Labute approximate surface area is 446 Å². The maximum atomic E-state index is 13.2. The summed E-state index contributed by atoms with van der Waals surface area (Å²) in [5.74, 6) is -0.323. The first kappa shape index (κ1) is 67.3. The first-order valence-corrected chi connectivity index (χ1v) is 28.8. The number of hydrogen-bond donors (Lipinski definition) is 9. The number of nitrogens with one attached hydrogen (secondary N) is 1. The topological polar surface area (TPSA) is 228 Å². The van der Waals surface area contributed by atoms with E-state index >= 15 is 0 Å². The molecule has 0 aromatic rings. The number of ether oxygens (including phenoxy) is 4. The van der Waals surface area contributed by atoms with Crippen LogP contribution in [0.3, 0.4) is 0 Å². The lowest BCUT2D eigenvalue weighted by Crippen LogP contribution is -2.65. The molecule has 74 heavy (non-hydrogen) atoms. The third kappa shape index (κ3) is 30.8. The Hall–Kier alpha value is -2.83. The second-order valence-electron chi connectivity index (χ2n) is 20.0. The molecule has 2 aliphatic heterocycles. The number of amides is 1. The van der Waals surface area contributed by atoms with Gasteiger partial charge < -0.3 is 65.1 Å². The molecule has 2 rings (SSSR count). The zero-order chi connectivity index (χ0) is 53.9. The molecule has 2 fully saturated rings. The Balaban J connectivity index is 1.83. The van der Waals surface area contributed by atoms with Crippen LogP contribution in [-0.4, -0.2) is 140 Å². The molecule has 426 valence electrons. The van der Waals surface area contributed by atoms with Gasteiger partial charge in [-0.05, 0) is 57.8 Å². The van der Waals surface area contributed by atoms with Crippen molar-refractivity contribution >= 4 is 5.91 Å². The van der Waals surface area contributed by atoms with Gasteiger partial charge in [0.1, 0.15) is 48.8 Å². The summed E-state index contributed by atoms with van der Waals surface area (Å²) in [5.41, 5.74) is 0. The van der Waals surface area contributed by atoms with E-state index in [1.54, 1.807) is 6.08 Å². The highest BCUT2D eigenvalue weighted by atomic mass is 16.7. The summed E-state index contributed by atoms with van der Waals surface area (Å²) in [4.78, 5) is 13.2. The van der Waals surface area contributed by atoms with Gasteiger partial charge in [0.2, 0.25) is 5.91 Å². The van der Waals surface area contributed by atoms with Crippen molar-refractivity contribution < 1.29 is 64.6 Å². The molecular weight excluding hydrogens is 943 g/mol. The zero-order valence-corrected chi connectivity index (χ0v) is 45.6. The fourth-order valence-corrected chi connectivity index (χ4v) is 8.96. The molecule has 12 atom stereocenters. The van der Waals surface area contributed by atoms with Gasteiger partial charge in [0.05, 0.1) is 32.0 Å². The molecule has 1 amide bonds. The number of rotatable bonds is 44. The van der Waals surface area contributed by atoms with E-state index in [0.29, 0.717) is 6.42 Å². The van der Waals surface area contributed by atoms with Crippen LogP contribution in [0, 0.1) is 0 Å². The highest BCUT2D eigenvalue weighted by Gasteiger charge is 2.51. The monoisotopic (exact) mass is 1050 g/mol. The second-order valence-corrected chi connectivity index (χ2v) is 20.0. The Kier molecular flexibility index (Phi) is 41.1. The van der Waals surface area contributed by atoms with Gasteiger partial charge in [-0.3, -0.25) is 4.79 Å². The SMILES string of the molecule is CC/C=C\C/C=C\C/C=C\C/C=C\C/C=C\C/C=C\CCC(=O)NC(COC1OC(CO)C(OC2OC(CO)C(O)C(O)C2O)C(O)C1O)C(O)/C=C/CCCCCCCCCCCCCCCCCCCCC. The average Bonchev–Trinajstić information content (AvgIpc) is 3.40. The fraction of sp³-hybridized carbons (Fsp3) is 0.750.